The predicted molar refractivity (Wildman–Crippen MR) is 92.5 cm³/mol. The minimum Gasteiger partial charge on any atom is -0.375 e. The Morgan fingerprint density at radius 3 is 2.52 bits per heavy atom. The minimum atomic E-state index is 0.0289. The number of hydrogen-bond donors (Lipinski definition) is 0. The van der Waals surface area contributed by atoms with Gasteiger partial charge in [-0.25, -0.2) is 0 Å². The van der Waals surface area contributed by atoms with Crippen molar-refractivity contribution in [3.8, 4) is 0 Å². The van der Waals surface area contributed by atoms with Crippen LogP contribution in [0.1, 0.15) is 56.1 Å². The highest BCUT2D eigenvalue weighted by atomic mass is 16.5. The topological polar surface area (TPSA) is 29.5 Å². The third-order valence-electron chi connectivity index (χ3n) is 5.38. The normalized spacial score (nSPS) is 24.4. The van der Waals surface area contributed by atoms with E-state index in [1.807, 2.05) is 4.90 Å². The number of ether oxygens (including phenoxy) is 1. The van der Waals surface area contributed by atoms with Crippen LogP contribution < -0.4 is 0 Å². The lowest BCUT2D eigenvalue weighted by Crippen LogP contribution is -2.47. The summed E-state index contributed by atoms with van der Waals surface area (Å²) in [6.45, 7) is 6.29. The molecular weight excluding hydrogens is 286 g/mol. The van der Waals surface area contributed by atoms with Gasteiger partial charge in [-0.1, -0.05) is 49.1 Å². The monoisotopic (exact) mass is 315 g/mol. The molecule has 0 radical (unpaired) electrons. The molecule has 0 bridgehead atoms. The second kappa shape index (κ2) is 7.48. The van der Waals surface area contributed by atoms with Gasteiger partial charge in [0.05, 0.1) is 18.6 Å². The van der Waals surface area contributed by atoms with Gasteiger partial charge in [0, 0.05) is 13.1 Å². The SMILES string of the molecule is Cc1ccc(C(C(=O)N2CCOC(C)C2)C2CCCCC2)cc1. The molecule has 126 valence electrons. The zero-order valence-electron chi connectivity index (χ0n) is 14.5. The number of nitrogens with zero attached hydrogens (tertiary/aromatic N) is 1. The summed E-state index contributed by atoms with van der Waals surface area (Å²) in [6.07, 6.45) is 6.37. The summed E-state index contributed by atoms with van der Waals surface area (Å²) >= 11 is 0. The fraction of sp³-hybridized carbons (Fsp3) is 0.650. The van der Waals surface area contributed by atoms with E-state index in [-0.39, 0.29) is 12.0 Å². The summed E-state index contributed by atoms with van der Waals surface area (Å²) in [4.78, 5) is 15.3. The average Bonchev–Trinajstić information content (AvgIpc) is 2.58. The lowest BCUT2D eigenvalue weighted by atomic mass is 9.76. The van der Waals surface area contributed by atoms with Gasteiger partial charge in [-0.05, 0) is 38.2 Å². The molecule has 1 saturated carbocycles. The Kier molecular flexibility index (Phi) is 5.37. The Morgan fingerprint density at radius 2 is 1.87 bits per heavy atom. The van der Waals surface area contributed by atoms with Gasteiger partial charge in [-0.3, -0.25) is 4.79 Å². The summed E-state index contributed by atoms with van der Waals surface area (Å²) in [6, 6.07) is 8.60. The van der Waals surface area contributed by atoms with E-state index in [2.05, 4.69) is 38.1 Å². The first kappa shape index (κ1) is 16.5. The van der Waals surface area contributed by atoms with Crippen LogP contribution in [0.3, 0.4) is 0 Å². The van der Waals surface area contributed by atoms with Crippen LogP contribution in [0.5, 0.6) is 0 Å². The minimum absolute atomic E-state index is 0.0289. The zero-order chi connectivity index (χ0) is 16.2. The van der Waals surface area contributed by atoms with Gasteiger partial charge in [-0.2, -0.15) is 0 Å². The fourth-order valence-electron chi connectivity index (χ4n) is 4.07. The van der Waals surface area contributed by atoms with E-state index >= 15 is 0 Å². The van der Waals surface area contributed by atoms with Crippen molar-refractivity contribution in [3.63, 3.8) is 0 Å². The molecule has 0 aromatic heterocycles. The van der Waals surface area contributed by atoms with Gasteiger partial charge in [0.1, 0.15) is 0 Å². The summed E-state index contributed by atoms with van der Waals surface area (Å²) in [5, 5.41) is 0. The van der Waals surface area contributed by atoms with E-state index in [0.29, 0.717) is 18.4 Å². The molecule has 2 aliphatic rings. The van der Waals surface area contributed by atoms with Crippen molar-refractivity contribution < 1.29 is 9.53 Å². The van der Waals surface area contributed by atoms with Crippen molar-refractivity contribution in [2.24, 2.45) is 5.92 Å². The van der Waals surface area contributed by atoms with Crippen molar-refractivity contribution in [1.29, 1.82) is 0 Å². The van der Waals surface area contributed by atoms with Crippen LogP contribution in [0.15, 0.2) is 24.3 Å². The number of carbonyl (C=O) groups is 1. The maximum atomic E-state index is 13.3. The van der Waals surface area contributed by atoms with Crippen LogP contribution >= 0.6 is 0 Å². The second-order valence-electron chi connectivity index (χ2n) is 7.25. The molecule has 2 unspecified atom stereocenters. The lowest BCUT2D eigenvalue weighted by Gasteiger charge is -2.37. The maximum Gasteiger partial charge on any atom is 0.230 e. The molecule has 1 saturated heterocycles. The van der Waals surface area contributed by atoms with Crippen molar-refractivity contribution in [2.45, 2.75) is 58.0 Å². The number of aryl methyl sites for hydroxylation is 1. The first-order valence-electron chi connectivity index (χ1n) is 9.12. The molecule has 0 N–H and O–H groups in total. The molecular formula is C20H29NO2. The van der Waals surface area contributed by atoms with Crippen molar-refractivity contribution in [1.82, 2.24) is 4.90 Å². The average molecular weight is 315 g/mol. The summed E-state index contributed by atoms with van der Waals surface area (Å²) in [7, 11) is 0. The molecule has 2 fully saturated rings. The molecule has 2 atom stereocenters. The van der Waals surface area contributed by atoms with E-state index in [1.54, 1.807) is 0 Å². The lowest BCUT2D eigenvalue weighted by molar-refractivity contribution is -0.141. The zero-order valence-corrected chi connectivity index (χ0v) is 14.5. The Hall–Kier alpha value is -1.35. The molecule has 3 heteroatoms. The highest BCUT2D eigenvalue weighted by Gasteiger charge is 2.35. The first-order chi connectivity index (χ1) is 11.1. The van der Waals surface area contributed by atoms with E-state index in [4.69, 9.17) is 4.74 Å². The number of rotatable bonds is 3. The second-order valence-corrected chi connectivity index (χ2v) is 7.25. The maximum absolute atomic E-state index is 13.3. The highest BCUT2D eigenvalue weighted by molar-refractivity contribution is 5.84. The Bertz CT molecular complexity index is 519. The van der Waals surface area contributed by atoms with Crippen LogP contribution in [0.25, 0.3) is 0 Å². The summed E-state index contributed by atoms with van der Waals surface area (Å²) < 4.78 is 5.61. The molecule has 23 heavy (non-hydrogen) atoms. The van der Waals surface area contributed by atoms with Crippen LogP contribution in [-0.4, -0.2) is 36.6 Å². The van der Waals surface area contributed by atoms with Crippen molar-refractivity contribution >= 4 is 5.91 Å². The Morgan fingerprint density at radius 1 is 1.17 bits per heavy atom. The number of benzene rings is 1. The number of amides is 1. The standard InChI is InChI=1S/C20H29NO2/c1-15-8-10-18(11-9-15)19(17-6-4-3-5-7-17)20(22)21-12-13-23-16(2)14-21/h8-11,16-17,19H,3-7,12-14H2,1-2H3. The molecule has 1 heterocycles. The van der Waals surface area contributed by atoms with Gasteiger partial charge in [0.25, 0.3) is 0 Å². The molecule has 1 aromatic rings. The molecule has 1 aliphatic heterocycles. The van der Waals surface area contributed by atoms with Crippen LogP contribution in [0.2, 0.25) is 0 Å². The molecule has 3 nitrogen and oxygen atoms in total. The summed E-state index contributed by atoms with van der Waals surface area (Å²) in [5.41, 5.74) is 2.45. The Balaban J connectivity index is 1.84. The predicted octanol–water partition coefficient (Wildman–Crippen LogP) is 3.91. The molecule has 1 aromatic carbocycles. The number of carbonyl (C=O) groups excluding carboxylic acids is 1. The fourth-order valence-corrected chi connectivity index (χ4v) is 4.07. The number of morpholine rings is 1. The quantitative estimate of drug-likeness (QED) is 0.846. The van der Waals surface area contributed by atoms with Crippen LogP contribution in [0, 0.1) is 12.8 Å². The molecule has 0 spiro atoms. The third-order valence-corrected chi connectivity index (χ3v) is 5.38. The van der Waals surface area contributed by atoms with E-state index < -0.39 is 0 Å². The highest BCUT2D eigenvalue weighted by Crippen LogP contribution is 2.37. The van der Waals surface area contributed by atoms with Crippen molar-refractivity contribution in [3.05, 3.63) is 35.4 Å². The van der Waals surface area contributed by atoms with Gasteiger partial charge < -0.3 is 9.64 Å². The van der Waals surface area contributed by atoms with Crippen molar-refractivity contribution in [2.75, 3.05) is 19.7 Å². The van der Waals surface area contributed by atoms with Gasteiger partial charge in [0.15, 0.2) is 0 Å². The molecule has 3 rings (SSSR count). The van der Waals surface area contributed by atoms with E-state index in [9.17, 15) is 4.79 Å². The van der Waals surface area contributed by atoms with Gasteiger partial charge in [-0.15, -0.1) is 0 Å². The Labute approximate surface area is 140 Å². The molecule has 1 aliphatic carbocycles. The van der Waals surface area contributed by atoms with Crippen LogP contribution in [-0.2, 0) is 9.53 Å². The van der Waals surface area contributed by atoms with E-state index in [0.717, 1.165) is 13.1 Å². The van der Waals surface area contributed by atoms with Crippen LogP contribution in [0.4, 0.5) is 0 Å². The van der Waals surface area contributed by atoms with Gasteiger partial charge in [0.2, 0.25) is 5.91 Å². The summed E-state index contributed by atoms with van der Waals surface area (Å²) in [5.74, 6) is 0.842. The largest absolute Gasteiger partial charge is 0.375 e. The van der Waals surface area contributed by atoms with E-state index in [1.165, 1.54) is 43.2 Å². The first-order valence-corrected chi connectivity index (χ1v) is 9.12. The smallest absolute Gasteiger partial charge is 0.230 e. The third kappa shape index (κ3) is 3.95. The molecule has 1 amide bonds. The number of hydrogen-bond acceptors (Lipinski definition) is 2. The van der Waals surface area contributed by atoms with Gasteiger partial charge >= 0.3 is 0 Å².